The van der Waals surface area contributed by atoms with E-state index in [0.717, 1.165) is 32.1 Å². The van der Waals surface area contributed by atoms with Gasteiger partial charge in [-0.25, -0.2) is 0 Å². The molecule has 6 N–H and O–H groups in total. The summed E-state index contributed by atoms with van der Waals surface area (Å²) in [6, 6.07) is 0. The molecular weight excluding hydrogens is 440 g/mol. The summed E-state index contributed by atoms with van der Waals surface area (Å²) in [5.41, 5.74) is -1.21. The van der Waals surface area contributed by atoms with Crippen molar-refractivity contribution < 1.29 is 40.1 Å². The van der Waals surface area contributed by atoms with Crippen LogP contribution in [0.2, 0.25) is 0 Å². The number of aliphatic hydroxyl groups excluding tert-OH is 5. The lowest BCUT2D eigenvalue weighted by atomic mass is 9.40. The number of fused-ring (bicyclic) bond motifs is 3. The Labute approximate surface area is 202 Å². The molecule has 196 valence electrons. The molecule has 0 aromatic heterocycles. The second-order valence-electron chi connectivity index (χ2n) is 13.5. The third-order valence-electron chi connectivity index (χ3n) is 10.7. The minimum absolute atomic E-state index is 0.0712. The topological polar surface area (TPSA) is 140 Å². The first-order valence-corrected chi connectivity index (χ1v) is 13.1. The van der Waals surface area contributed by atoms with Crippen LogP contribution in [0.5, 0.6) is 0 Å². The van der Waals surface area contributed by atoms with E-state index in [4.69, 9.17) is 9.47 Å². The van der Waals surface area contributed by atoms with Crippen molar-refractivity contribution in [2.24, 2.45) is 34.0 Å². The van der Waals surface area contributed by atoms with Crippen LogP contribution < -0.4 is 0 Å². The van der Waals surface area contributed by atoms with Crippen molar-refractivity contribution in [2.75, 3.05) is 6.61 Å². The molecule has 5 rings (SSSR count). The van der Waals surface area contributed by atoms with Crippen LogP contribution in [0.3, 0.4) is 0 Å². The largest absolute Gasteiger partial charge is 0.394 e. The SMILES string of the molecule is CC1(C)CC(OC2OC(CO)C(O)C(O)C2O)CC2(C)C1C(O)CC13CC(CCC12)C(C)(O)C3. The summed E-state index contributed by atoms with van der Waals surface area (Å²) in [5.74, 6) is 0.736. The summed E-state index contributed by atoms with van der Waals surface area (Å²) >= 11 is 0. The minimum Gasteiger partial charge on any atom is -0.394 e. The molecule has 0 amide bonds. The van der Waals surface area contributed by atoms with Gasteiger partial charge in [-0.2, -0.15) is 0 Å². The van der Waals surface area contributed by atoms with Crippen LogP contribution in [0.15, 0.2) is 0 Å². The lowest BCUT2D eigenvalue weighted by molar-refractivity contribution is -0.324. The highest BCUT2D eigenvalue weighted by Crippen LogP contribution is 2.73. The van der Waals surface area contributed by atoms with Crippen molar-refractivity contribution in [3.8, 4) is 0 Å². The second kappa shape index (κ2) is 8.09. The van der Waals surface area contributed by atoms with E-state index in [1.165, 1.54) is 0 Å². The highest BCUT2D eigenvalue weighted by atomic mass is 16.7. The standard InChI is InChI=1S/C26H44O8/c1-23(2)8-14(33-22-20(31)19(30)18(29)16(11-27)34-22)9-24(3)17-6-5-13-7-26(17,12-25(13,4)32)10-15(28)21(23)24/h13-22,27-32H,5-12H2,1-4H3. The zero-order valence-electron chi connectivity index (χ0n) is 20.9. The van der Waals surface area contributed by atoms with Gasteiger partial charge in [0.15, 0.2) is 6.29 Å². The van der Waals surface area contributed by atoms with Gasteiger partial charge in [-0.3, -0.25) is 0 Å². The fourth-order valence-corrected chi connectivity index (χ4v) is 9.93. The molecule has 5 fully saturated rings. The third kappa shape index (κ3) is 3.63. The molecule has 13 unspecified atom stereocenters. The van der Waals surface area contributed by atoms with Crippen LogP contribution in [0.1, 0.15) is 72.6 Å². The maximum Gasteiger partial charge on any atom is 0.186 e. The number of hydrogen-bond acceptors (Lipinski definition) is 8. The van der Waals surface area contributed by atoms with Crippen LogP contribution in [-0.4, -0.2) is 85.8 Å². The van der Waals surface area contributed by atoms with Gasteiger partial charge in [-0.1, -0.05) is 20.8 Å². The lowest BCUT2D eigenvalue weighted by Crippen LogP contribution is -2.64. The van der Waals surface area contributed by atoms with Crippen molar-refractivity contribution in [1.29, 1.82) is 0 Å². The molecule has 0 aromatic rings. The van der Waals surface area contributed by atoms with Crippen LogP contribution in [0, 0.1) is 34.0 Å². The molecule has 4 saturated carbocycles. The molecular formula is C26H44O8. The molecule has 1 aliphatic heterocycles. The lowest BCUT2D eigenvalue weighted by Gasteiger charge is -2.66. The summed E-state index contributed by atoms with van der Waals surface area (Å²) in [6.07, 6.45) is -1.36. The molecule has 13 atom stereocenters. The van der Waals surface area contributed by atoms with E-state index in [1.807, 2.05) is 6.92 Å². The van der Waals surface area contributed by atoms with E-state index in [2.05, 4.69) is 20.8 Å². The van der Waals surface area contributed by atoms with Crippen molar-refractivity contribution >= 4 is 0 Å². The van der Waals surface area contributed by atoms with Gasteiger partial charge >= 0.3 is 0 Å². The maximum atomic E-state index is 11.5. The number of hydrogen-bond donors (Lipinski definition) is 6. The Hall–Kier alpha value is -0.320. The van der Waals surface area contributed by atoms with Crippen molar-refractivity contribution in [2.45, 2.75) is 121 Å². The Bertz CT molecular complexity index is 785. The van der Waals surface area contributed by atoms with E-state index in [1.54, 1.807) is 0 Å². The summed E-state index contributed by atoms with van der Waals surface area (Å²) in [6.45, 7) is 8.11. The highest BCUT2D eigenvalue weighted by molar-refractivity contribution is 5.18. The molecule has 34 heavy (non-hydrogen) atoms. The molecule has 0 aromatic carbocycles. The zero-order chi connectivity index (χ0) is 24.8. The third-order valence-corrected chi connectivity index (χ3v) is 10.7. The predicted octanol–water partition coefficient (Wildman–Crippen LogP) is 0.936. The number of rotatable bonds is 3. The zero-order valence-corrected chi connectivity index (χ0v) is 20.9. The van der Waals surface area contributed by atoms with Crippen molar-refractivity contribution in [3.63, 3.8) is 0 Å². The van der Waals surface area contributed by atoms with Gasteiger partial charge in [0.05, 0.1) is 24.4 Å². The minimum atomic E-state index is -1.47. The van der Waals surface area contributed by atoms with Crippen LogP contribution in [0.25, 0.3) is 0 Å². The van der Waals surface area contributed by atoms with Crippen molar-refractivity contribution in [3.05, 3.63) is 0 Å². The molecule has 0 radical (unpaired) electrons. The fraction of sp³-hybridized carbons (Fsp3) is 1.00. The van der Waals surface area contributed by atoms with Gasteiger partial charge in [0.2, 0.25) is 0 Å². The van der Waals surface area contributed by atoms with E-state index >= 15 is 0 Å². The summed E-state index contributed by atoms with van der Waals surface area (Å²) in [4.78, 5) is 0. The van der Waals surface area contributed by atoms with Gasteiger partial charge in [-0.05, 0) is 85.9 Å². The van der Waals surface area contributed by atoms with E-state index in [9.17, 15) is 30.6 Å². The van der Waals surface area contributed by atoms with Gasteiger partial charge in [0.25, 0.3) is 0 Å². The molecule has 1 spiro atoms. The van der Waals surface area contributed by atoms with E-state index < -0.39 is 49.0 Å². The number of ether oxygens (including phenoxy) is 2. The molecule has 4 aliphatic carbocycles. The molecule has 1 saturated heterocycles. The Morgan fingerprint density at radius 2 is 1.59 bits per heavy atom. The van der Waals surface area contributed by atoms with Gasteiger partial charge in [0.1, 0.15) is 24.4 Å². The Morgan fingerprint density at radius 3 is 2.26 bits per heavy atom. The molecule has 2 bridgehead atoms. The van der Waals surface area contributed by atoms with E-state index in [-0.39, 0.29) is 34.2 Å². The second-order valence-corrected chi connectivity index (χ2v) is 13.5. The van der Waals surface area contributed by atoms with Gasteiger partial charge in [0, 0.05) is 0 Å². The predicted molar refractivity (Wildman–Crippen MR) is 122 cm³/mol. The average molecular weight is 485 g/mol. The maximum absolute atomic E-state index is 11.5. The summed E-state index contributed by atoms with van der Waals surface area (Å²) < 4.78 is 12.0. The first-order valence-electron chi connectivity index (χ1n) is 13.1. The highest BCUT2D eigenvalue weighted by Gasteiger charge is 2.69. The van der Waals surface area contributed by atoms with Gasteiger partial charge < -0.3 is 40.1 Å². The fourth-order valence-electron chi connectivity index (χ4n) is 9.93. The average Bonchev–Trinajstić information content (AvgIpc) is 2.90. The first kappa shape index (κ1) is 25.3. The Kier molecular flexibility index (Phi) is 6.03. The quantitative estimate of drug-likeness (QED) is 0.325. The van der Waals surface area contributed by atoms with Crippen molar-refractivity contribution in [1.82, 2.24) is 0 Å². The van der Waals surface area contributed by atoms with E-state index in [0.29, 0.717) is 18.8 Å². The molecule has 5 aliphatic rings. The van der Waals surface area contributed by atoms with Crippen LogP contribution in [-0.2, 0) is 9.47 Å². The smallest absolute Gasteiger partial charge is 0.186 e. The van der Waals surface area contributed by atoms with Crippen LogP contribution in [0.4, 0.5) is 0 Å². The monoisotopic (exact) mass is 484 g/mol. The first-order chi connectivity index (χ1) is 15.7. The molecule has 8 nitrogen and oxygen atoms in total. The number of aliphatic hydroxyl groups is 6. The normalized spacial score (nSPS) is 58.8. The Morgan fingerprint density at radius 1 is 0.882 bits per heavy atom. The summed E-state index contributed by atoms with van der Waals surface area (Å²) in [7, 11) is 0. The van der Waals surface area contributed by atoms with Gasteiger partial charge in [-0.15, -0.1) is 0 Å². The molecule has 1 heterocycles. The Balaban J connectivity index is 1.43. The summed E-state index contributed by atoms with van der Waals surface area (Å²) in [5, 5.41) is 63.1. The van der Waals surface area contributed by atoms with Crippen LogP contribution >= 0.6 is 0 Å². The molecule has 8 heteroatoms.